The number of unbranched alkanes of at least 4 members (excludes halogenated alkanes) is 9. The van der Waals surface area contributed by atoms with E-state index in [4.69, 9.17) is 4.74 Å². The number of esters is 1. The van der Waals surface area contributed by atoms with Crippen LogP contribution in [0.1, 0.15) is 77.6 Å². The summed E-state index contributed by atoms with van der Waals surface area (Å²) in [6, 6.07) is 0. The second-order valence-electron chi connectivity index (χ2n) is 6.52. The maximum absolute atomic E-state index is 11.8. The Labute approximate surface area is 135 Å². The van der Waals surface area contributed by atoms with E-state index >= 15 is 0 Å². The molecule has 128 valence electrons. The van der Waals surface area contributed by atoms with Crippen LogP contribution in [0.15, 0.2) is 0 Å². The van der Waals surface area contributed by atoms with Gasteiger partial charge >= 0.3 is 5.97 Å². The smallest absolute Gasteiger partial charge is 0.311 e. The Balaban J connectivity index is 1.87. The van der Waals surface area contributed by atoms with Crippen molar-refractivity contribution in [3.05, 3.63) is 0 Å². The van der Waals surface area contributed by atoms with Gasteiger partial charge in [0.15, 0.2) is 0 Å². The predicted molar refractivity (Wildman–Crippen MR) is 88.5 cm³/mol. The van der Waals surface area contributed by atoms with Crippen molar-refractivity contribution in [2.45, 2.75) is 77.6 Å². The topological polar surface area (TPSA) is 46.6 Å². The molecule has 1 saturated heterocycles. The van der Waals surface area contributed by atoms with Gasteiger partial charge in [0.05, 0.1) is 12.5 Å². The number of nitrogens with zero attached hydrogens (tertiary/aromatic N) is 1. The Hall–Kier alpha value is -1.06. The van der Waals surface area contributed by atoms with Crippen molar-refractivity contribution < 1.29 is 14.3 Å². The average Bonchev–Trinajstić information content (AvgIpc) is 2.84. The second-order valence-corrected chi connectivity index (χ2v) is 6.52. The summed E-state index contributed by atoms with van der Waals surface area (Å²) in [5.41, 5.74) is 0. The van der Waals surface area contributed by atoms with Gasteiger partial charge in [-0.15, -0.1) is 0 Å². The fourth-order valence-electron chi connectivity index (χ4n) is 2.90. The van der Waals surface area contributed by atoms with E-state index in [1.165, 1.54) is 51.4 Å². The summed E-state index contributed by atoms with van der Waals surface area (Å²) in [6.45, 7) is 3.26. The highest BCUT2D eigenvalue weighted by Crippen LogP contribution is 2.17. The molecule has 0 aromatic rings. The molecule has 0 aliphatic carbocycles. The molecule has 1 heterocycles. The normalized spacial score (nSPS) is 18.0. The molecule has 1 rings (SSSR count). The summed E-state index contributed by atoms with van der Waals surface area (Å²) in [5.74, 6) is -0.407. The Morgan fingerprint density at radius 2 is 1.59 bits per heavy atom. The second kappa shape index (κ2) is 11.5. The minimum Gasteiger partial charge on any atom is -0.465 e. The molecular weight excluding hydrogens is 278 g/mol. The third-order valence-electron chi connectivity index (χ3n) is 4.42. The molecule has 1 atom stereocenters. The molecule has 0 bridgehead atoms. The number of carbonyl (C=O) groups excluding carboxylic acids is 2. The minimum absolute atomic E-state index is 0.0425. The van der Waals surface area contributed by atoms with E-state index in [0.717, 1.165) is 12.8 Å². The molecule has 0 aromatic carbocycles. The average molecular weight is 311 g/mol. The number of hydrogen-bond acceptors (Lipinski definition) is 3. The van der Waals surface area contributed by atoms with Gasteiger partial charge in [-0.25, -0.2) is 0 Å². The SMILES string of the molecule is CCCCCCCCCCCCOC(=O)C1CC(=O)N(C)C1. The highest BCUT2D eigenvalue weighted by atomic mass is 16.5. The highest BCUT2D eigenvalue weighted by molar-refractivity contribution is 5.86. The van der Waals surface area contributed by atoms with E-state index in [2.05, 4.69) is 6.92 Å². The van der Waals surface area contributed by atoms with Gasteiger partial charge in [-0.2, -0.15) is 0 Å². The van der Waals surface area contributed by atoms with E-state index in [0.29, 0.717) is 19.6 Å². The zero-order chi connectivity index (χ0) is 16.2. The van der Waals surface area contributed by atoms with Crippen molar-refractivity contribution in [1.29, 1.82) is 0 Å². The van der Waals surface area contributed by atoms with Crippen LogP contribution in [0.25, 0.3) is 0 Å². The summed E-state index contributed by atoms with van der Waals surface area (Å²) < 4.78 is 5.28. The van der Waals surface area contributed by atoms with Crippen molar-refractivity contribution >= 4 is 11.9 Å². The molecule has 0 N–H and O–H groups in total. The summed E-state index contributed by atoms with van der Waals surface area (Å²) >= 11 is 0. The maximum Gasteiger partial charge on any atom is 0.311 e. The van der Waals surface area contributed by atoms with Gasteiger partial charge in [0.1, 0.15) is 0 Å². The van der Waals surface area contributed by atoms with Gasteiger partial charge in [0, 0.05) is 20.0 Å². The number of ether oxygens (including phenoxy) is 1. The third-order valence-corrected chi connectivity index (χ3v) is 4.42. The first-order valence-corrected chi connectivity index (χ1v) is 9.05. The Bertz CT molecular complexity index is 330. The number of amides is 1. The quantitative estimate of drug-likeness (QED) is 0.405. The monoisotopic (exact) mass is 311 g/mol. The summed E-state index contributed by atoms with van der Waals surface area (Å²) in [6.07, 6.45) is 13.0. The lowest BCUT2D eigenvalue weighted by molar-refractivity contribution is -0.148. The molecule has 1 amide bonds. The molecular formula is C18H33NO3. The Morgan fingerprint density at radius 3 is 2.09 bits per heavy atom. The number of rotatable bonds is 12. The number of hydrogen-bond donors (Lipinski definition) is 0. The predicted octanol–water partition coefficient (Wildman–Crippen LogP) is 3.93. The van der Waals surface area contributed by atoms with Gasteiger partial charge in [-0.3, -0.25) is 9.59 Å². The van der Waals surface area contributed by atoms with Crippen LogP contribution in [-0.4, -0.2) is 37.0 Å². The summed E-state index contributed by atoms with van der Waals surface area (Å²) in [5, 5.41) is 0. The third kappa shape index (κ3) is 7.81. The van der Waals surface area contributed by atoms with Crippen LogP contribution in [-0.2, 0) is 14.3 Å². The maximum atomic E-state index is 11.8. The molecule has 22 heavy (non-hydrogen) atoms. The molecule has 1 fully saturated rings. The van der Waals surface area contributed by atoms with Crippen LogP contribution in [0.4, 0.5) is 0 Å². The zero-order valence-electron chi connectivity index (χ0n) is 14.4. The molecule has 0 saturated carbocycles. The highest BCUT2D eigenvalue weighted by Gasteiger charge is 2.33. The summed E-state index contributed by atoms with van der Waals surface area (Å²) in [7, 11) is 1.73. The fourth-order valence-corrected chi connectivity index (χ4v) is 2.90. The van der Waals surface area contributed by atoms with Gasteiger partial charge < -0.3 is 9.64 Å². The summed E-state index contributed by atoms with van der Waals surface area (Å²) in [4.78, 5) is 24.8. The van der Waals surface area contributed by atoms with Crippen LogP contribution in [0.5, 0.6) is 0 Å². The molecule has 1 aliphatic rings. The van der Waals surface area contributed by atoms with Crippen LogP contribution < -0.4 is 0 Å². The van der Waals surface area contributed by atoms with Gasteiger partial charge in [0.2, 0.25) is 5.91 Å². The first-order valence-electron chi connectivity index (χ1n) is 9.05. The van der Waals surface area contributed by atoms with Crippen LogP contribution in [0.2, 0.25) is 0 Å². The van der Waals surface area contributed by atoms with Crippen molar-refractivity contribution in [2.24, 2.45) is 5.92 Å². The van der Waals surface area contributed by atoms with E-state index in [9.17, 15) is 9.59 Å². The Kier molecular flexibility index (Phi) is 9.93. The van der Waals surface area contributed by atoms with Crippen molar-refractivity contribution in [2.75, 3.05) is 20.2 Å². The standard InChI is InChI=1S/C18H33NO3/c1-3-4-5-6-7-8-9-10-11-12-13-22-18(21)16-14-17(20)19(2)15-16/h16H,3-15H2,1-2H3. The van der Waals surface area contributed by atoms with E-state index < -0.39 is 0 Å². The van der Waals surface area contributed by atoms with Gasteiger partial charge in [-0.1, -0.05) is 64.7 Å². The number of likely N-dealkylation sites (tertiary alicyclic amines) is 1. The molecule has 0 radical (unpaired) electrons. The largest absolute Gasteiger partial charge is 0.465 e. The molecule has 0 spiro atoms. The van der Waals surface area contributed by atoms with Gasteiger partial charge in [0.25, 0.3) is 0 Å². The van der Waals surface area contributed by atoms with Crippen LogP contribution in [0.3, 0.4) is 0 Å². The van der Waals surface area contributed by atoms with Gasteiger partial charge in [-0.05, 0) is 6.42 Å². The molecule has 4 nitrogen and oxygen atoms in total. The first kappa shape index (κ1) is 19.0. The molecule has 1 unspecified atom stereocenters. The Morgan fingerprint density at radius 1 is 1.05 bits per heavy atom. The fraction of sp³-hybridized carbons (Fsp3) is 0.889. The molecule has 1 aliphatic heterocycles. The van der Waals surface area contributed by atoms with Crippen molar-refractivity contribution in [3.63, 3.8) is 0 Å². The van der Waals surface area contributed by atoms with E-state index in [-0.39, 0.29) is 17.8 Å². The zero-order valence-corrected chi connectivity index (χ0v) is 14.4. The first-order chi connectivity index (χ1) is 10.6. The molecule has 0 aromatic heterocycles. The van der Waals surface area contributed by atoms with Crippen molar-refractivity contribution in [3.8, 4) is 0 Å². The van der Waals surface area contributed by atoms with Crippen LogP contribution in [0, 0.1) is 5.92 Å². The minimum atomic E-state index is -0.249. The lowest BCUT2D eigenvalue weighted by atomic mass is 10.1. The van der Waals surface area contributed by atoms with E-state index in [1.807, 2.05) is 0 Å². The molecule has 4 heteroatoms. The lowest BCUT2D eigenvalue weighted by Gasteiger charge is -2.10. The van der Waals surface area contributed by atoms with Crippen LogP contribution >= 0.6 is 0 Å². The number of carbonyl (C=O) groups is 2. The van der Waals surface area contributed by atoms with Crippen molar-refractivity contribution in [1.82, 2.24) is 4.90 Å². The lowest BCUT2D eigenvalue weighted by Crippen LogP contribution is -2.22. The van der Waals surface area contributed by atoms with E-state index in [1.54, 1.807) is 11.9 Å².